The number of rotatable bonds is 4. The van der Waals surface area contributed by atoms with E-state index in [0.29, 0.717) is 9.16 Å². The van der Waals surface area contributed by atoms with Gasteiger partial charge in [0.25, 0.3) is 0 Å². The molecule has 2 aliphatic rings. The number of hydrogen-bond donors (Lipinski definition) is 0. The van der Waals surface area contributed by atoms with Crippen LogP contribution in [-0.2, 0) is 0 Å². The first-order valence-corrected chi connectivity index (χ1v) is 11.8. The summed E-state index contributed by atoms with van der Waals surface area (Å²) in [4.78, 5) is 2.60. The Hall–Kier alpha value is -0.330. The van der Waals surface area contributed by atoms with Gasteiger partial charge in [-0.25, -0.2) is 0 Å². The van der Waals surface area contributed by atoms with Gasteiger partial charge in [-0.2, -0.15) is 0 Å². The summed E-state index contributed by atoms with van der Waals surface area (Å²) in [6, 6.07) is 18.0. The average Bonchev–Trinajstić information content (AvgIpc) is 3.30. The van der Waals surface area contributed by atoms with Crippen molar-refractivity contribution < 1.29 is 0 Å². The van der Waals surface area contributed by atoms with Gasteiger partial charge in [0.05, 0.1) is 9.16 Å². The van der Waals surface area contributed by atoms with Gasteiger partial charge in [0.2, 0.25) is 0 Å². The summed E-state index contributed by atoms with van der Waals surface area (Å²) in [5.74, 6) is 0. The first kappa shape index (κ1) is 16.2. The molecule has 0 aliphatic carbocycles. The molecule has 0 N–H and O–H groups in total. The highest BCUT2D eigenvalue weighted by Gasteiger charge is 2.15. The molecule has 0 saturated carbocycles. The third-order valence-corrected chi connectivity index (χ3v) is 9.40. The van der Waals surface area contributed by atoms with Crippen LogP contribution in [0.3, 0.4) is 0 Å². The lowest BCUT2D eigenvalue weighted by atomic mass is 10.2. The zero-order chi connectivity index (χ0) is 15.5. The van der Waals surface area contributed by atoms with Crippen LogP contribution >= 0.6 is 58.8 Å². The summed E-state index contributed by atoms with van der Waals surface area (Å²) in [5.41, 5.74) is 2.79. The molecule has 0 fully saturated rings. The molecule has 0 spiro atoms. The number of benzene rings is 2. The first-order chi connectivity index (χ1) is 11.4. The van der Waals surface area contributed by atoms with Crippen molar-refractivity contribution in [2.75, 3.05) is 0 Å². The molecule has 0 radical (unpaired) electrons. The Balaban J connectivity index is 1.41. The molecule has 5 heteroatoms. The molecule has 2 aliphatic heterocycles. The fraction of sp³-hybridized carbons (Fsp3) is 0.111. The minimum absolute atomic E-state index is 0.531. The van der Waals surface area contributed by atoms with E-state index in [4.69, 9.17) is 0 Å². The van der Waals surface area contributed by atoms with Gasteiger partial charge in [0.1, 0.15) is 0 Å². The summed E-state index contributed by atoms with van der Waals surface area (Å²) in [7, 11) is 0. The molecular formula is C18H14S5. The molecule has 0 bridgehead atoms. The van der Waals surface area contributed by atoms with Crippen LogP contribution in [0.4, 0.5) is 0 Å². The van der Waals surface area contributed by atoms with Crippen LogP contribution < -0.4 is 0 Å². The van der Waals surface area contributed by atoms with Gasteiger partial charge in [0.15, 0.2) is 0 Å². The molecule has 2 aromatic rings. The fourth-order valence-electron chi connectivity index (χ4n) is 2.31. The molecule has 0 nitrogen and oxygen atoms in total. The van der Waals surface area contributed by atoms with Gasteiger partial charge in [0, 0.05) is 9.79 Å². The van der Waals surface area contributed by atoms with Crippen molar-refractivity contribution in [3.8, 4) is 0 Å². The van der Waals surface area contributed by atoms with E-state index in [2.05, 4.69) is 70.2 Å². The van der Waals surface area contributed by atoms with Crippen LogP contribution in [0.1, 0.15) is 20.3 Å². The summed E-state index contributed by atoms with van der Waals surface area (Å²) >= 11 is 9.37. The Bertz CT molecular complexity index is 639. The number of thioether (sulfide) groups is 4. The van der Waals surface area contributed by atoms with Gasteiger partial charge < -0.3 is 0 Å². The zero-order valence-electron chi connectivity index (χ0n) is 12.1. The standard InChI is InChI=1S/C18H14S5/c1-5-15(6-2-13(1)17-19-9-10-20-17)23-16-7-3-14(4-8-16)18-21-11-12-22-18/h1-12,17-18H. The van der Waals surface area contributed by atoms with E-state index in [9.17, 15) is 0 Å². The maximum absolute atomic E-state index is 2.26. The molecule has 2 aromatic carbocycles. The van der Waals surface area contributed by atoms with Crippen LogP contribution in [-0.4, -0.2) is 0 Å². The molecule has 0 unspecified atom stereocenters. The maximum atomic E-state index is 2.26. The topological polar surface area (TPSA) is 0 Å². The highest BCUT2D eigenvalue weighted by atomic mass is 32.2. The average molecular weight is 391 g/mol. The Kier molecular flexibility index (Phi) is 5.41. The monoisotopic (exact) mass is 390 g/mol. The van der Waals surface area contributed by atoms with E-state index in [0.717, 1.165) is 0 Å². The largest absolute Gasteiger partial charge is 0.114 e. The first-order valence-electron chi connectivity index (χ1n) is 7.18. The smallest absolute Gasteiger partial charge is 0.0834 e. The van der Waals surface area contributed by atoms with E-state index in [1.807, 2.05) is 58.8 Å². The Morgan fingerprint density at radius 3 is 1.22 bits per heavy atom. The van der Waals surface area contributed by atoms with Gasteiger partial charge in [-0.3, -0.25) is 0 Å². The van der Waals surface area contributed by atoms with Crippen molar-refractivity contribution in [1.29, 1.82) is 0 Å². The Labute approximate surface area is 158 Å². The zero-order valence-corrected chi connectivity index (χ0v) is 16.2. The predicted octanol–water partition coefficient (Wildman–Crippen LogP) is 7.74. The van der Waals surface area contributed by atoms with Crippen LogP contribution in [0.15, 0.2) is 80.0 Å². The second-order valence-electron chi connectivity index (χ2n) is 4.99. The summed E-state index contributed by atoms with van der Waals surface area (Å²) < 4.78 is 1.06. The molecule has 116 valence electrons. The highest BCUT2D eigenvalue weighted by Crippen LogP contribution is 2.47. The van der Waals surface area contributed by atoms with Crippen molar-refractivity contribution >= 4 is 58.8 Å². The van der Waals surface area contributed by atoms with Crippen LogP contribution in [0.5, 0.6) is 0 Å². The lowest BCUT2D eigenvalue weighted by Crippen LogP contribution is -1.85. The Morgan fingerprint density at radius 2 is 0.870 bits per heavy atom. The molecule has 2 heterocycles. The van der Waals surface area contributed by atoms with Crippen molar-refractivity contribution in [3.05, 3.63) is 81.3 Å². The van der Waals surface area contributed by atoms with Crippen molar-refractivity contribution in [3.63, 3.8) is 0 Å². The lowest BCUT2D eigenvalue weighted by Gasteiger charge is -2.10. The van der Waals surface area contributed by atoms with Gasteiger partial charge in [-0.1, -0.05) is 36.0 Å². The minimum atomic E-state index is 0.531. The van der Waals surface area contributed by atoms with E-state index < -0.39 is 0 Å². The lowest BCUT2D eigenvalue weighted by molar-refractivity contribution is 1.31. The second-order valence-corrected chi connectivity index (χ2v) is 10.8. The van der Waals surface area contributed by atoms with E-state index in [1.165, 1.54) is 20.9 Å². The van der Waals surface area contributed by atoms with Gasteiger partial charge >= 0.3 is 0 Å². The van der Waals surface area contributed by atoms with Crippen LogP contribution in [0.25, 0.3) is 0 Å². The summed E-state index contributed by atoms with van der Waals surface area (Å²) in [5, 5.41) is 8.71. The quantitative estimate of drug-likeness (QED) is 0.522. The Morgan fingerprint density at radius 1 is 0.522 bits per heavy atom. The number of hydrogen-bond acceptors (Lipinski definition) is 5. The molecule has 0 atom stereocenters. The molecule has 4 rings (SSSR count). The highest BCUT2D eigenvalue weighted by molar-refractivity contribution is 8.22. The normalized spacial score (nSPS) is 18.1. The van der Waals surface area contributed by atoms with E-state index in [-0.39, 0.29) is 0 Å². The van der Waals surface area contributed by atoms with Gasteiger partial charge in [-0.05, 0) is 57.0 Å². The third-order valence-electron chi connectivity index (χ3n) is 3.46. The summed E-state index contributed by atoms with van der Waals surface area (Å²) in [6.07, 6.45) is 0. The molecular weight excluding hydrogens is 377 g/mol. The fourth-order valence-corrected chi connectivity index (χ4v) is 7.27. The summed E-state index contributed by atoms with van der Waals surface area (Å²) in [6.45, 7) is 0. The van der Waals surface area contributed by atoms with Crippen LogP contribution in [0, 0.1) is 0 Å². The SMILES string of the molecule is C1=CSC(c2ccc(Sc3ccc(C4SC=CS4)cc3)cc2)S1. The maximum Gasteiger partial charge on any atom is 0.0834 e. The molecule has 0 saturated heterocycles. The third kappa shape index (κ3) is 4.02. The molecule has 0 aromatic heterocycles. The molecule has 0 amide bonds. The second kappa shape index (κ2) is 7.70. The predicted molar refractivity (Wildman–Crippen MR) is 111 cm³/mol. The van der Waals surface area contributed by atoms with E-state index in [1.54, 1.807) is 0 Å². The van der Waals surface area contributed by atoms with Crippen molar-refractivity contribution in [2.45, 2.75) is 19.0 Å². The minimum Gasteiger partial charge on any atom is -0.114 e. The van der Waals surface area contributed by atoms with Crippen molar-refractivity contribution in [2.24, 2.45) is 0 Å². The van der Waals surface area contributed by atoms with Crippen LogP contribution in [0.2, 0.25) is 0 Å². The molecule has 23 heavy (non-hydrogen) atoms. The van der Waals surface area contributed by atoms with Gasteiger partial charge in [-0.15, -0.1) is 47.0 Å². The van der Waals surface area contributed by atoms with E-state index >= 15 is 0 Å². The van der Waals surface area contributed by atoms with Crippen molar-refractivity contribution in [1.82, 2.24) is 0 Å².